The fourth-order valence-corrected chi connectivity index (χ4v) is 2.71. The number of halogens is 1. The second-order valence-corrected chi connectivity index (χ2v) is 5.09. The maximum absolute atomic E-state index is 13.3. The van der Waals surface area contributed by atoms with E-state index in [1.54, 1.807) is 0 Å². The average Bonchev–Trinajstić information content (AvgIpc) is 2.77. The molecule has 1 atom stereocenters. The van der Waals surface area contributed by atoms with Crippen LogP contribution in [-0.2, 0) is 25.7 Å². The highest BCUT2D eigenvalue weighted by Crippen LogP contribution is 2.25. The molecule has 0 amide bonds. The summed E-state index contributed by atoms with van der Waals surface area (Å²) >= 11 is 0. The highest BCUT2D eigenvalue weighted by molar-refractivity contribution is 5.37. The number of hydrogen-bond acceptors (Lipinski definition) is 0. The SMILES string of the molecule is FC1Cc2ccc(CCc3ccccc3)cc2C1. The van der Waals surface area contributed by atoms with Crippen molar-refractivity contribution in [3.8, 4) is 0 Å². The van der Waals surface area contributed by atoms with Gasteiger partial charge in [-0.1, -0.05) is 48.5 Å². The van der Waals surface area contributed by atoms with E-state index in [2.05, 4.69) is 42.5 Å². The van der Waals surface area contributed by atoms with Crippen LogP contribution in [0.25, 0.3) is 0 Å². The molecule has 0 saturated carbocycles. The minimum Gasteiger partial charge on any atom is -0.247 e. The molecule has 92 valence electrons. The topological polar surface area (TPSA) is 0 Å². The van der Waals surface area contributed by atoms with Crippen molar-refractivity contribution in [3.63, 3.8) is 0 Å². The predicted octanol–water partition coefficient (Wildman–Crippen LogP) is 3.91. The van der Waals surface area contributed by atoms with Crippen LogP contribution in [0, 0.1) is 0 Å². The van der Waals surface area contributed by atoms with Crippen LogP contribution in [0.1, 0.15) is 22.3 Å². The quantitative estimate of drug-likeness (QED) is 0.763. The van der Waals surface area contributed by atoms with Crippen LogP contribution in [0.5, 0.6) is 0 Å². The van der Waals surface area contributed by atoms with E-state index in [0.29, 0.717) is 12.8 Å². The predicted molar refractivity (Wildman–Crippen MR) is 72.6 cm³/mol. The van der Waals surface area contributed by atoms with E-state index >= 15 is 0 Å². The van der Waals surface area contributed by atoms with E-state index < -0.39 is 6.17 Å². The second-order valence-electron chi connectivity index (χ2n) is 5.09. The number of fused-ring (bicyclic) bond motifs is 1. The van der Waals surface area contributed by atoms with E-state index in [1.807, 2.05) is 6.07 Å². The third-order valence-corrected chi connectivity index (χ3v) is 3.70. The molecule has 0 aromatic heterocycles. The Labute approximate surface area is 107 Å². The van der Waals surface area contributed by atoms with Crippen LogP contribution < -0.4 is 0 Å². The lowest BCUT2D eigenvalue weighted by molar-refractivity contribution is 0.349. The fourth-order valence-electron chi connectivity index (χ4n) is 2.71. The Morgan fingerprint density at radius 3 is 2.39 bits per heavy atom. The highest BCUT2D eigenvalue weighted by atomic mass is 19.1. The zero-order valence-electron chi connectivity index (χ0n) is 10.4. The van der Waals surface area contributed by atoms with Gasteiger partial charge in [0.15, 0.2) is 0 Å². The summed E-state index contributed by atoms with van der Waals surface area (Å²) in [5, 5.41) is 0. The molecule has 0 nitrogen and oxygen atoms in total. The van der Waals surface area contributed by atoms with Gasteiger partial charge < -0.3 is 0 Å². The Kier molecular flexibility index (Phi) is 3.14. The smallest absolute Gasteiger partial charge is 0.108 e. The van der Waals surface area contributed by atoms with Gasteiger partial charge in [0.1, 0.15) is 6.17 Å². The van der Waals surface area contributed by atoms with Gasteiger partial charge in [-0.15, -0.1) is 0 Å². The van der Waals surface area contributed by atoms with Crippen molar-refractivity contribution in [2.24, 2.45) is 0 Å². The molecule has 1 unspecified atom stereocenters. The molecule has 0 aliphatic heterocycles. The summed E-state index contributed by atoms with van der Waals surface area (Å²) in [5.74, 6) is 0. The van der Waals surface area contributed by atoms with Crippen LogP contribution in [0.3, 0.4) is 0 Å². The van der Waals surface area contributed by atoms with Crippen molar-refractivity contribution in [3.05, 3.63) is 70.8 Å². The first kappa shape index (κ1) is 11.5. The molecule has 0 N–H and O–H groups in total. The largest absolute Gasteiger partial charge is 0.247 e. The number of rotatable bonds is 3. The maximum Gasteiger partial charge on any atom is 0.108 e. The van der Waals surface area contributed by atoms with Crippen LogP contribution >= 0.6 is 0 Å². The third-order valence-electron chi connectivity index (χ3n) is 3.70. The molecule has 1 aliphatic carbocycles. The van der Waals surface area contributed by atoms with Gasteiger partial charge in [-0.25, -0.2) is 4.39 Å². The summed E-state index contributed by atoms with van der Waals surface area (Å²) in [4.78, 5) is 0. The number of hydrogen-bond donors (Lipinski definition) is 0. The van der Waals surface area contributed by atoms with Gasteiger partial charge in [-0.05, 0) is 35.1 Å². The number of benzene rings is 2. The molecule has 1 aliphatic rings. The van der Waals surface area contributed by atoms with Crippen LogP contribution in [0.4, 0.5) is 4.39 Å². The van der Waals surface area contributed by atoms with Gasteiger partial charge in [0.25, 0.3) is 0 Å². The molecule has 2 aromatic carbocycles. The Bertz CT molecular complexity index is 531. The van der Waals surface area contributed by atoms with E-state index in [0.717, 1.165) is 12.8 Å². The molecule has 3 rings (SSSR count). The van der Waals surface area contributed by atoms with E-state index in [1.165, 1.54) is 22.3 Å². The Hall–Kier alpha value is -1.63. The maximum atomic E-state index is 13.3. The minimum absolute atomic E-state index is 0.605. The van der Waals surface area contributed by atoms with Crippen molar-refractivity contribution in [1.29, 1.82) is 0 Å². The Balaban J connectivity index is 1.69. The van der Waals surface area contributed by atoms with E-state index in [4.69, 9.17) is 0 Å². The van der Waals surface area contributed by atoms with Crippen LogP contribution in [-0.4, -0.2) is 6.17 Å². The molecule has 2 aromatic rings. The normalized spacial score (nSPS) is 17.7. The molecule has 1 heteroatoms. The zero-order valence-corrected chi connectivity index (χ0v) is 10.4. The van der Waals surface area contributed by atoms with Crippen molar-refractivity contribution in [2.75, 3.05) is 0 Å². The van der Waals surface area contributed by atoms with Gasteiger partial charge in [0.05, 0.1) is 0 Å². The van der Waals surface area contributed by atoms with Crippen molar-refractivity contribution >= 4 is 0 Å². The zero-order chi connectivity index (χ0) is 12.4. The monoisotopic (exact) mass is 240 g/mol. The third kappa shape index (κ3) is 2.45. The number of alkyl halides is 1. The molecular formula is C17H17F. The van der Waals surface area contributed by atoms with Crippen LogP contribution in [0.15, 0.2) is 48.5 Å². The van der Waals surface area contributed by atoms with Gasteiger partial charge in [0, 0.05) is 12.8 Å². The van der Waals surface area contributed by atoms with Gasteiger partial charge in [-0.2, -0.15) is 0 Å². The summed E-state index contributed by atoms with van der Waals surface area (Å²) in [6.45, 7) is 0. The van der Waals surface area contributed by atoms with Crippen molar-refractivity contribution < 1.29 is 4.39 Å². The first-order valence-electron chi connectivity index (χ1n) is 6.60. The van der Waals surface area contributed by atoms with Gasteiger partial charge >= 0.3 is 0 Å². The van der Waals surface area contributed by atoms with E-state index in [9.17, 15) is 4.39 Å². The lowest BCUT2D eigenvalue weighted by Crippen LogP contribution is -1.95. The molecule has 0 saturated heterocycles. The lowest BCUT2D eigenvalue weighted by Gasteiger charge is -2.05. The first-order chi connectivity index (χ1) is 8.81. The standard InChI is InChI=1S/C17H17F/c18-17-11-15-9-8-14(10-16(15)12-17)7-6-13-4-2-1-3-5-13/h1-5,8-10,17H,6-7,11-12H2. The molecular weight excluding hydrogens is 223 g/mol. The summed E-state index contributed by atoms with van der Waals surface area (Å²) in [5.41, 5.74) is 5.10. The number of aryl methyl sites for hydroxylation is 2. The molecule has 0 bridgehead atoms. The van der Waals surface area contributed by atoms with Crippen molar-refractivity contribution in [1.82, 2.24) is 0 Å². The van der Waals surface area contributed by atoms with Gasteiger partial charge in [0.2, 0.25) is 0 Å². The molecule has 0 radical (unpaired) electrons. The molecule has 0 heterocycles. The Morgan fingerprint density at radius 1 is 0.833 bits per heavy atom. The first-order valence-corrected chi connectivity index (χ1v) is 6.60. The minimum atomic E-state index is -0.663. The highest BCUT2D eigenvalue weighted by Gasteiger charge is 2.20. The summed E-state index contributed by atoms with van der Waals surface area (Å²) in [6, 6.07) is 17.0. The summed E-state index contributed by atoms with van der Waals surface area (Å²) in [6.07, 6.45) is 2.64. The van der Waals surface area contributed by atoms with Crippen molar-refractivity contribution in [2.45, 2.75) is 31.9 Å². The molecule has 0 fully saturated rings. The molecule has 0 spiro atoms. The Morgan fingerprint density at radius 2 is 1.56 bits per heavy atom. The second kappa shape index (κ2) is 4.93. The molecule has 18 heavy (non-hydrogen) atoms. The van der Waals surface area contributed by atoms with Gasteiger partial charge in [-0.3, -0.25) is 0 Å². The lowest BCUT2D eigenvalue weighted by atomic mass is 10.0. The summed E-state index contributed by atoms with van der Waals surface area (Å²) in [7, 11) is 0. The average molecular weight is 240 g/mol. The van der Waals surface area contributed by atoms with Crippen LogP contribution in [0.2, 0.25) is 0 Å². The fraction of sp³-hybridized carbons (Fsp3) is 0.294. The van der Waals surface area contributed by atoms with E-state index in [-0.39, 0.29) is 0 Å². The summed E-state index contributed by atoms with van der Waals surface area (Å²) < 4.78 is 13.3.